The van der Waals surface area contributed by atoms with E-state index in [0.29, 0.717) is 36.5 Å². The number of amides is 3. The number of alkyl carbamates (subject to hydrolysis) is 1. The van der Waals surface area contributed by atoms with Crippen molar-refractivity contribution in [3.8, 4) is 22.5 Å². The number of halogens is 3. The molecular formula is C36H41F3N8O6. The SMILES string of the molecule is CC(C)(C)OC(=O)NC[C@H]1CC[C@H](C(=O)N(c2ccc(-c3nn[nH]n3)cc2)[C@@H](Cc2ccc(-c3ccncc3)cc2)C(N)=O)CC1.O=C(O)C(F)(F)F. The third-order valence-corrected chi connectivity index (χ3v) is 8.40. The monoisotopic (exact) mass is 738 g/mol. The Bertz CT molecular complexity index is 1810. The van der Waals surface area contributed by atoms with E-state index in [2.05, 4.69) is 30.9 Å². The van der Waals surface area contributed by atoms with Crippen LogP contribution in [-0.4, -0.2) is 79.0 Å². The molecule has 17 heteroatoms. The maximum Gasteiger partial charge on any atom is 0.490 e. The summed E-state index contributed by atoms with van der Waals surface area (Å²) in [6.45, 7) is 5.96. The summed E-state index contributed by atoms with van der Waals surface area (Å²) < 4.78 is 37.1. The van der Waals surface area contributed by atoms with Crippen LogP contribution < -0.4 is 16.0 Å². The Hall–Kier alpha value is -5.87. The van der Waals surface area contributed by atoms with E-state index in [1.54, 1.807) is 41.6 Å². The van der Waals surface area contributed by atoms with Gasteiger partial charge in [0.2, 0.25) is 17.6 Å². The number of nitrogens with one attached hydrogen (secondary N) is 2. The molecule has 282 valence electrons. The van der Waals surface area contributed by atoms with Gasteiger partial charge >= 0.3 is 18.2 Å². The molecule has 2 heterocycles. The molecule has 0 aliphatic heterocycles. The number of carbonyl (C=O) groups excluding carboxylic acids is 3. The van der Waals surface area contributed by atoms with Gasteiger partial charge in [0.15, 0.2) is 0 Å². The number of carboxylic acid groups (broad SMARTS) is 1. The molecule has 5 N–H and O–H groups in total. The quantitative estimate of drug-likeness (QED) is 0.165. The number of tetrazole rings is 1. The number of rotatable bonds is 10. The summed E-state index contributed by atoms with van der Waals surface area (Å²) in [5.74, 6) is -3.15. The molecule has 2 aromatic carbocycles. The van der Waals surface area contributed by atoms with Gasteiger partial charge in [0.25, 0.3) is 0 Å². The minimum absolute atomic E-state index is 0.150. The lowest BCUT2D eigenvalue weighted by molar-refractivity contribution is -0.192. The lowest BCUT2D eigenvalue weighted by Crippen LogP contribution is -2.52. The van der Waals surface area contributed by atoms with Crippen LogP contribution in [0.15, 0.2) is 73.1 Å². The zero-order valence-corrected chi connectivity index (χ0v) is 29.3. The van der Waals surface area contributed by atoms with Crippen LogP contribution in [0, 0.1) is 11.8 Å². The molecule has 0 radical (unpaired) electrons. The summed E-state index contributed by atoms with van der Waals surface area (Å²) in [5, 5.41) is 24.1. The van der Waals surface area contributed by atoms with E-state index in [-0.39, 0.29) is 24.2 Å². The molecule has 53 heavy (non-hydrogen) atoms. The minimum Gasteiger partial charge on any atom is -0.475 e. The van der Waals surface area contributed by atoms with Gasteiger partial charge in [0.05, 0.1) is 0 Å². The van der Waals surface area contributed by atoms with Crippen molar-refractivity contribution in [2.75, 3.05) is 11.4 Å². The first kappa shape index (κ1) is 39.9. The zero-order chi connectivity index (χ0) is 38.8. The normalized spacial score (nSPS) is 16.3. The molecule has 1 aliphatic rings. The average Bonchev–Trinajstić information content (AvgIpc) is 3.66. The zero-order valence-electron chi connectivity index (χ0n) is 29.3. The average molecular weight is 739 g/mol. The first-order valence-electron chi connectivity index (χ1n) is 16.7. The molecule has 5 rings (SSSR count). The lowest BCUT2D eigenvalue weighted by atomic mass is 9.81. The van der Waals surface area contributed by atoms with E-state index in [0.717, 1.165) is 29.5 Å². The number of carboxylic acids is 1. The topological polar surface area (TPSA) is 206 Å². The van der Waals surface area contributed by atoms with Gasteiger partial charge in [-0.3, -0.25) is 19.5 Å². The number of aromatic nitrogens is 5. The lowest BCUT2D eigenvalue weighted by Gasteiger charge is -2.36. The number of benzene rings is 2. The second-order valence-electron chi connectivity index (χ2n) is 13.4. The van der Waals surface area contributed by atoms with E-state index >= 15 is 0 Å². The maximum absolute atomic E-state index is 14.3. The largest absolute Gasteiger partial charge is 0.490 e. The van der Waals surface area contributed by atoms with E-state index in [4.69, 9.17) is 20.4 Å². The second kappa shape index (κ2) is 17.6. The number of nitrogens with two attached hydrogens (primary N) is 1. The number of primary amides is 1. The van der Waals surface area contributed by atoms with Crippen molar-refractivity contribution in [2.24, 2.45) is 17.6 Å². The number of nitrogens with zero attached hydrogens (tertiary/aromatic N) is 5. The van der Waals surface area contributed by atoms with Gasteiger partial charge in [0.1, 0.15) is 11.6 Å². The van der Waals surface area contributed by atoms with Crippen molar-refractivity contribution in [1.82, 2.24) is 30.9 Å². The van der Waals surface area contributed by atoms with Gasteiger partial charge < -0.3 is 20.9 Å². The number of aromatic amines is 1. The number of hydrogen-bond donors (Lipinski definition) is 4. The van der Waals surface area contributed by atoms with Gasteiger partial charge in [-0.15, -0.1) is 10.2 Å². The summed E-state index contributed by atoms with van der Waals surface area (Å²) in [7, 11) is 0. The van der Waals surface area contributed by atoms with Gasteiger partial charge in [-0.1, -0.05) is 24.3 Å². The van der Waals surface area contributed by atoms with Crippen LogP contribution in [0.3, 0.4) is 0 Å². The van der Waals surface area contributed by atoms with E-state index in [9.17, 15) is 27.6 Å². The fraction of sp³-hybridized carbons (Fsp3) is 0.389. The molecule has 14 nitrogen and oxygen atoms in total. The predicted molar refractivity (Wildman–Crippen MR) is 187 cm³/mol. The second-order valence-corrected chi connectivity index (χ2v) is 13.4. The van der Waals surface area contributed by atoms with Crippen LogP contribution in [-0.2, 0) is 25.5 Å². The van der Waals surface area contributed by atoms with E-state index < -0.39 is 35.8 Å². The van der Waals surface area contributed by atoms with E-state index in [1.807, 2.05) is 57.2 Å². The van der Waals surface area contributed by atoms with Crippen molar-refractivity contribution in [3.05, 3.63) is 78.6 Å². The summed E-state index contributed by atoms with van der Waals surface area (Å²) in [4.78, 5) is 54.1. The molecule has 4 aromatic rings. The van der Waals surface area contributed by atoms with Crippen LogP contribution in [0.25, 0.3) is 22.5 Å². The number of H-pyrrole nitrogens is 1. The number of pyridine rings is 1. The third-order valence-electron chi connectivity index (χ3n) is 8.40. The van der Waals surface area contributed by atoms with Gasteiger partial charge in [-0.05, 0) is 111 Å². The van der Waals surface area contributed by atoms with Crippen molar-refractivity contribution in [1.29, 1.82) is 0 Å². The number of aliphatic carboxylic acids is 1. The molecule has 1 fully saturated rings. The Morgan fingerprint density at radius 2 is 1.49 bits per heavy atom. The van der Waals surface area contributed by atoms with Crippen LogP contribution in [0.5, 0.6) is 0 Å². The first-order chi connectivity index (χ1) is 25.0. The molecule has 1 saturated carbocycles. The standard InChI is InChI=1S/C34H40N8O4.C2HF3O2/c1-34(2,3)46-33(45)37-21-23-6-10-27(11-7-23)32(44)42(28-14-12-26(13-15-28)31-38-40-41-39-31)29(30(35)43)20-22-4-8-24(9-5-22)25-16-18-36-19-17-25;3-2(4,5)1(6)7/h4-5,8-9,12-19,23,27,29H,6-7,10-11,20-21H2,1-3H3,(H2,35,43)(H,37,45)(H,38,39,40,41);(H,6,7)/t23-,27-,29-;/m0./s1. The molecule has 1 aliphatic carbocycles. The van der Waals surface area contributed by atoms with Crippen LogP contribution in [0.1, 0.15) is 52.0 Å². The molecule has 0 bridgehead atoms. The predicted octanol–water partition coefficient (Wildman–Crippen LogP) is 5.32. The highest BCUT2D eigenvalue weighted by molar-refractivity contribution is 6.01. The van der Waals surface area contributed by atoms with Crippen molar-refractivity contribution in [2.45, 2.75) is 70.7 Å². The Balaban J connectivity index is 0.000000815. The van der Waals surface area contributed by atoms with Crippen LogP contribution in [0.4, 0.5) is 23.7 Å². The Morgan fingerprint density at radius 1 is 0.925 bits per heavy atom. The number of carbonyl (C=O) groups is 4. The number of anilines is 1. The van der Waals surface area contributed by atoms with Crippen LogP contribution in [0.2, 0.25) is 0 Å². The molecule has 2 aromatic heterocycles. The molecule has 0 unspecified atom stereocenters. The number of alkyl halides is 3. The highest BCUT2D eigenvalue weighted by atomic mass is 19.4. The van der Waals surface area contributed by atoms with Crippen molar-refractivity contribution < 1.29 is 42.2 Å². The molecular weight excluding hydrogens is 697 g/mol. The Kier molecular flexibility index (Phi) is 13.2. The van der Waals surface area contributed by atoms with Crippen LogP contribution >= 0.6 is 0 Å². The highest BCUT2D eigenvalue weighted by Crippen LogP contribution is 2.33. The number of hydrogen-bond acceptors (Lipinski definition) is 9. The van der Waals surface area contributed by atoms with Gasteiger partial charge in [-0.25, -0.2) is 9.59 Å². The Labute approximate surface area is 303 Å². The van der Waals surface area contributed by atoms with Crippen molar-refractivity contribution >= 4 is 29.6 Å². The fourth-order valence-electron chi connectivity index (χ4n) is 5.79. The molecule has 1 atom stereocenters. The summed E-state index contributed by atoms with van der Waals surface area (Å²) in [6, 6.07) is 18.0. The summed E-state index contributed by atoms with van der Waals surface area (Å²) >= 11 is 0. The smallest absolute Gasteiger partial charge is 0.475 e. The van der Waals surface area contributed by atoms with Crippen molar-refractivity contribution in [3.63, 3.8) is 0 Å². The minimum atomic E-state index is -5.08. The fourth-order valence-corrected chi connectivity index (χ4v) is 5.79. The molecule has 0 saturated heterocycles. The third kappa shape index (κ3) is 11.8. The Morgan fingerprint density at radius 3 is 2.00 bits per heavy atom. The summed E-state index contributed by atoms with van der Waals surface area (Å²) in [6.07, 6.45) is 0.976. The van der Waals surface area contributed by atoms with Gasteiger partial charge in [0, 0.05) is 42.5 Å². The highest BCUT2D eigenvalue weighted by Gasteiger charge is 2.38. The first-order valence-corrected chi connectivity index (χ1v) is 16.7. The van der Waals surface area contributed by atoms with Gasteiger partial charge in [-0.2, -0.15) is 18.4 Å². The summed E-state index contributed by atoms with van der Waals surface area (Å²) in [5.41, 5.74) is 9.65. The molecule has 0 spiro atoms. The van der Waals surface area contributed by atoms with E-state index in [1.165, 1.54) is 0 Å². The molecule has 3 amide bonds. The maximum atomic E-state index is 14.3. The number of ether oxygens (including phenoxy) is 1.